The van der Waals surface area contributed by atoms with Gasteiger partial charge >= 0.3 is 0 Å². The molecule has 0 N–H and O–H groups in total. The van der Waals surface area contributed by atoms with E-state index in [-0.39, 0.29) is 10.0 Å². The Labute approximate surface area is 125 Å². The first-order valence-electron chi connectivity index (χ1n) is 7.04. The fourth-order valence-corrected chi connectivity index (χ4v) is 5.23. The summed E-state index contributed by atoms with van der Waals surface area (Å²) >= 11 is 5.78. The minimum Gasteiger partial charge on any atom is -0.244 e. The molecule has 0 aromatic carbocycles. The zero-order chi connectivity index (χ0) is 14.3. The summed E-state index contributed by atoms with van der Waals surface area (Å²) in [5.74, 6) is 2.07. The van der Waals surface area contributed by atoms with Gasteiger partial charge in [0.1, 0.15) is 5.15 Å². The van der Waals surface area contributed by atoms with Crippen molar-refractivity contribution >= 4 is 21.6 Å². The number of fused-ring (bicyclic) bond motifs is 2. The molecular formula is C14H19ClN2O2S. The van der Waals surface area contributed by atoms with Gasteiger partial charge in [0.05, 0.1) is 4.90 Å². The van der Waals surface area contributed by atoms with E-state index in [4.69, 9.17) is 11.6 Å². The highest BCUT2D eigenvalue weighted by Crippen LogP contribution is 2.48. The minimum atomic E-state index is -3.46. The minimum absolute atomic E-state index is 0.208. The topological polar surface area (TPSA) is 50.3 Å². The maximum Gasteiger partial charge on any atom is 0.242 e. The van der Waals surface area contributed by atoms with Gasteiger partial charge in [-0.25, -0.2) is 17.7 Å². The van der Waals surface area contributed by atoms with Crippen LogP contribution in [0.3, 0.4) is 0 Å². The molecule has 2 bridgehead atoms. The summed E-state index contributed by atoms with van der Waals surface area (Å²) in [6.45, 7) is 0.615. The molecule has 1 aromatic rings. The first-order valence-corrected chi connectivity index (χ1v) is 8.86. The number of rotatable bonds is 4. The fourth-order valence-electron chi connectivity index (χ4n) is 3.75. The third-order valence-electron chi connectivity index (χ3n) is 4.78. The summed E-state index contributed by atoms with van der Waals surface area (Å²) < 4.78 is 26.5. The molecule has 1 heterocycles. The average molecular weight is 315 g/mol. The van der Waals surface area contributed by atoms with Crippen LogP contribution in [0.5, 0.6) is 0 Å². The van der Waals surface area contributed by atoms with Crippen molar-refractivity contribution in [2.45, 2.75) is 30.6 Å². The lowest BCUT2D eigenvalue weighted by Crippen LogP contribution is -2.33. The molecule has 2 fully saturated rings. The lowest BCUT2D eigenvalue weighted by Gasteiger charge is -2.26. The van der Waals surface area contributed by atoms with Crippen molar-refractivity contribution in [2.75, 3.05) is 13.6 Å². The van der Waals surface area contributed by atoms with E-state index in [2.05, 4.69) is 4.98 Å². The van der Waals surface area contributed by atoms with Crippen LogP contribution in [0.4, 0.5) is 0 Å². The second-order valence-corrected chi connectivity index (χ2v) is 8.47. The van der Waals surface area contributed by atoms with Gasteiger partial charge in [0.2, 0.25) is 10.0 Å². The van der Waals surface area contributed by atoms with Gasteiger partial charge in [-0.05, 0) is 49.1 Å². The Bertz CT molecular complexity index is 605. The summed E-state index contributed by atoms with van der Waals surface area (Å²) in [6, 6.07) is 2.91. The molecule has 0 spiro atoms. The van der Waals surface area contributed by atoms with E-state index in [1.807, 2.05) is 0 Å². The van der Waals surface area contributed by atoms with Gasteiger partial charge in [-0.3, -0.25) is 0 Å². The SMILES string of the molecule is CN(CC1CC2CCC1C2)S(=O)(=O)c1ccnc(Cl)c1. The van der Waals surface area contributed by atoms with E-state index in [9.17, 15) is 8.42 Å². The summed E-state index contributed by atoms with van der Waals surface area (Å²) in [5, 5.41) is 0.208. The summed E-state index contributed by atoms with van der Waals surface area (Å²) in [4.78, 5) is 4.05. The zero-order valence-electron chi connectivity index (χ0n) is 11.5. The van der Waals surface area contributed by atoms with Crippen LogP contribution in [-0.2, 0) is 10.0 Å². The van der Waals surface area contributed by atoms with E-state index in [0.717, 1.165) is 11.8 Å². The molecule has 0 saturated heterocycles. The first-order chi connectivity index (χ1) is 9.46. The largest absolute Gasteiger partial charge is 0.244 e. The Hall–Kier alpha value is -0.650. The van der Waals surface area contributed by atoms with Crippen LogP contribution in [0, 0.1) is 17.8 Å². The Morgan fingerprint density at radius 1 is 1.40 bits per heavy atom. The van der Waals surface area contributed by atoms with Gasteiger partial charge < -0.3 is 0 Å². The smallest absolute Gasteiger partial charge is 0.242 e. The average Bonchev–Trinajstić information content (AvgIpc) is 3.01. The van der Waals surface area contributed by atoms with Crippen LogP contribution in [-0.4, -0.2) is 31.3 Å². The standard InChI is InChI=1S/C14H19ClN2O2S/c1-17(9-12-7-10-2-3-11(12)6-10)20(18,19)13-4-5-16-14(15)8-13/h4-5,8,10-12H,2-3,6-7,9H2,1H3. The van der Waals surface area contributed by atoms with Crippen molar-refractivity contribution in [3.63, 3.8) is 0 Å². The van der Waals surface area contributed by atoms with Gasteiger partial charge in [-0.2, -0.15) is 0 Å². The van der Waals surface area contributed by atoms with E-state index >= 15 is 0 Å². The third kappa shape index (κ3) is 2.59. The molecule has 3 atom stereocenters. The normalized spacial score (nSPS) is 29.2. The number of pyridine rings is 1. The molecular weight excluding hydrogens is 296 g/mol. The summed E-state index contributed by atoms with van der Waals surface area (Å²) in [5.41, 5.74) is 0. The molecule has 4 nitrogen and oxygen atoms in total. The number of hydrogen-bond acceptors (Lipinski definition) is 3. The number of hydrogen-bond donors (Lipinski definition) is 0. The zero-order valence-corrected chi connectivity index (χ0v) is 13.1. The van der Waals surface area contributed by atoms with Crippen molar-refractivity contribution in [3.8, 4) is 0 Å². The van der Waals surface area contributed by atoms with Crippen LogP contribution >= 0.6 is 11.6 Å². The summed E-state index contributed by atoms with van der Waals surface area (Å²) in [6.07, 6.45) is 6.50. The third-order valence-corrected chi connectivity index (χ3v) is 6.81. The monoisotopic (exact) mass is 314 g/mol. The highest BCUT2D eigenvalue weighted by atomic mass is 35.5. The molecule has 2 saturated carbocycles. The molecule has 3 rings (SSSR count). The molecule has 110 valence electrons. The molecule has 1 aromatic heterocycles. The second kappa shape index (κ2) is 5.28. The van der Waals surface area contributed by atoms with E-state index < -0.39 is 10.0 Å². The Morgan fingerprint density at radius 3 is 2.80 bits per heavy atom. The Balaban J connectivity index is 1.74. The molecule has 3 unspecified atom stereocenters. The summed E-state index contributed by atoms with van der Waals surface area (Å²) in [7, 11) is -1.79. The molecule has 6 heteroatoms. The molecule has 0 aliphatic heterocycles. The number of sulfonamides is 1. The molecule has 20 heavy (non-hydrogen) atoms. The number of aromatic nitrogens is 1. The second-order valence-electron chi connectivity index (χ2n) is 6.03. The van der Waals surface area contributed by atoms with Crippen molar-refractivity contribution in [1.29, 1.82) is 0 Å². The predicted octanol–water partition coefficient (Wildman–Crippen LogP) is 2.79. The van der Waals surface area contributed by atoms with Crippen molar-refractivity contribution in [2.24, 2.45) is 17.8 Å². The molecule has 0 radical (unpaired) electrons. The van der Waals surface area contributed by atoms with Crippen LogP contribution in [0.1, 0.15) is 25.7 Å². The quantitative estimate of drug-likeness (QED) is 0.803. The lowest BCUT2D eigenvalue weighted by molar-refractivity contribution is 0.280. The number of halogens is 1. The van der Waals surface area contributed by atoms with Crippen molar-refractivity contribution < 1.29 is 8.42 Å². The van der Waals surface area contributed by atoms with Crippen molar-refractivity contribution in [1.82, 2.24) is 9.29 Å². The molecule has 2 aliphatic rings. The first kappa shape index (κ1) is 14.3. The highest BCUT2D eigenvalue weighted by molar-refractivity contribution is 7.89. The van der Waals surface area contributed by atoms with Gasteiger partial charge in [-0.15, -0.1) is 0 Å². The van der Waals surface area contributed by atoms with Crippen LogP contribution in [0.15, 0.2) is 23.2 Å². The van der Waals surface area contributed by atoms with E-state index in [1.165, 1.54) is 48.3 Å². The maximum absolute atomic E-state index is 12.5. The predicted molar refractivity (Wildman–Crippen MR) is 78.0 cm³/mol. The Kier molecular flexibility index (Phi) is 3.77. The van der Waals surface area contributed by atoms with Gasteiger partial charge in [0, 0.05) is 19.8 Å². The highest BCUT2D eigenvalue weighted by Gasteiger charge is 2.40. The number of nitrogens with zero attached hydrogens (tertiary/aromatic N) is 2. The molecule has 0 amide bonds. The van der Waals surface area contributed by atoms with Gasteiger partial charge in [0.15, 0.2) is 0 Å². The van der Waals surface area contributed by atoms with Gasteiger partial charge in [-0.1, -0.05) is 18.0 Å². The van der Waals surface area contributed by atoms with Crippen LogP contribution in [0.25, 0.3) is 0 Å². The maximum atomic E-state index is 12.5. The van der Waals surface area contributed by atoms with Crippen molar-refractivity contribution in [3.05, 3.63) is 23.5 Å². The van der Waals surface area contributed by atoms with Crippen LogP contribution < -0.4 is 0 Å². The van der Waals surface area contributed by atoms with E-state index in [1.54, 1.807) is 7.05 Å². The van der Waals surface area contributed by atoms with Gasteiger partial charge in [0.25, 0.3) is 0 Å². The Morgan fingerprint density at radius 2 is 2.20 bits per heavy atom. The van der Waals surface area contributed by atoms with E-state index in [0.29, 0.717) is 12.5 Å². The fraction of sp³-hybridized carbons (Fsp3) is 0.643. The lowest BCUT2D eigenvalue weighted by atomic mass is 9.89. The van der Waals surface area contributed by atoms with Crippen LogP contribution in [0.2, 0.25) is 5.15 Å². The molecule has 2 aliphatic carbocycles.